The van der Waals surface area contributed by atoms with E-state index in [0.717, 1.165) is 10.2 Å². The Morgan fingerprint density at radius 1 is 1.27 bits per heavy atom. The summed E-state index contributed by atoms with van der Waals surface area (Å²) >= 11 is 3.37. The van der Waals surface area contributed by atoms with Gasteiger partial charge in [-0.1, -0.05) is 15.9 Å². The minimum absolute atomic E-state index is 0.00308. The van der Waals surface area contributed by atoms with Gasteiger partial charge in [-0.05, 0) is 36.4 Å². The van der Waals surface area contributed by atoms with Crippen LogP contribution in [-0.4, -0.2) is 36.0 Å². The van der Waals surface area contributed by atoms with Crippen molar-refractivity contribution >= 4 is 27.5 Å². The Balaban J connectivity index is 1.76. The zero-order valence-electron chi connectivity index (χ0n) is 12.3. The second-order valence-electron chi connectivity index (χ2n) is 4.88. The molecule has 0 saturated heterocycles. The molecule has 6 heteroatoms. The maximum Gasteiger partial charge on any atom is 0.228 e. The van der Waals surface area contributed by atoms with Crippen molar-refractivity contribution in [2.24, 2.45) is 0 Å². The number of anilines is 1. The van der Waals surface area contributed by atoms with Crippen LogP contribution in [0, 0.1) is 0 Å². The van der Waals surface area contributed by atoms with Crippen LogP contribution in [0.1, 0.15) is 5.69 Å². The smallest absolute Gasteiger partial charge is 0.228 e. The highest BCUT2D eigenvalue weighted by molar-refractivity contribution is 9.10. The molecule has 5 nitrogen and oxygen atoms in total. The molecule has 22 heavy (non-hydrogen) atoms. The van der Waals surface area contributed by atoms with E-state index >= 15 is 0 Å². The Kier molecular flexibility index (Phi) is 5.77. The third-order valence-electron chi connectivity index (χ3n) is 3.11. The van der Waals surface area contributed by atoms with Crippen LogP contribution in [0.3, 0.4) is 0 Å². The van der Waals surface area contributed by atoms with E-state index in [1.54, 1.807) is 30.3 Å². The molecule has 1 aromatic heterocycles. The summed E-state index contributed by atoms with van der Waals surface area (Å²) in [5.41, 5.74) is 6.87. The Bertz CT molecular complexity index is 614. The van der Waals surface area contributed by atoms with Gasteiger partial charge in [-0.15, -0.1) is 0 Å². The number of carbonyl (C=O) groups excluding carboxylic acids is 1. The number of hydrogen-bond acceptors (Lipinski definition) is 4. The van der Waals surface area contributed by atoms with Crippen molar-refractivity contribution in [1.82, 2.24) is 9.88 Å². The number of nitrogens with zero attached hydrogens (tertiary/aromatic N) is 2. The van der Waals surface area contributed by atoms with E-state index in [-0.39, 0.29) is 12.3 Å². The van der Waals surface area contributed by atoms with E-state index in [1.165, 1.54) is 0 Å². The second-order valence-corrected chi connectivity index (χ2v) is 5.79. The fourth-order valence-corrected chi connectivity index (χ4v) is 2.05. The molecule has 0 aliphatic heterocycles. The molecule has 0 saturated carbocycles. The first kappa shape index (κ1) is 16.3. The van der Waals surface area contributed by atoms with Crippen LogP contribution < -0.4 is 10.5 Å². The van der Waals surface area contributed by atoms with Gasteiger partial charge in [-0.2, -0.15) is 0 Å². The zero-order chi connectivity index (χ0) is 15.9. The van der Waals surface area contributed by atoms with Gasteiger partial charge in [0.2, 0.25) is 5.91 Å². The normalized spacial score (nSPS) is 10.3. The number of nitrogen functional groups attached to an aromatic ring is 1. The summed E-state index contributed by atoms with van der Waals surface area (Å²) in [6.07, 6.45) is 1.81. The Hall–Kier alpha value is -2.08. The van der Waals surface area contributed by atoms with Gasteiger partial charge >= 0.3 is 0 Å². The van der Waals surface area contributed by atoms with E-state index in [0.29, 0.717) is 24.5 Å². The number of benzene rings is 1. The van der Waals surface area contributed by atoms with Crippen LogP contribution >= 0.6 is 15.9 Å². The molecule has 0 unspecified atom stereocenters. The van der Waals surface area contributed by atoms with Crippen molar-refractivity contribution in [3.63, 3.8) is 0 Å². The first-order chi connectivity index (χ1) is 10.5. The van der Waals surface area contributed by atoms with Crippen molar-refractivity contribution < 1.29 is 9.53 Å². The quantitative estimate of drug-likeness (QED) is 0.855. The monoisotopic (exact) mass is 363 g/mol. The molecule has 1 aromatic carbocycles. The summed E-state index contributed by atoms with van der Waals surface area (Å²) in [6.45, 7) is 0.961. The average molecular weight is 364 g/mol. The van der Waals surface area contributed by atoms with Crippen LogP contribution in [0.5, 0.6) is 5.75 Å². The summed E-state index contributed by atoms with van der Waals surface area (Å²) in [7, 11) is 1.75. The lowest BCUT2D eigenvalue weighted by atomic mass is 10.2. The van der Waals surface area contributed by atoms with Gasteiger partial charge in [-0.25, -0.2) is 0 Å². The summed E-state index contributed by atoms with van der Waals surface area (Å²) in [5.74, 6) is 0.779. The number of amides is 1. The molecule has 116 valence electrons. The number of aromatic nitrogens is 1. The fourth-order valence-electron chi connectivity index (χ4n) is 1.79. The molecule has 1 heterocycles. The molecule has 2 N–H and O–H groups in total. The van der Waals surface area contributed by atoms with E-state index in [2.05, 4.69) is 20.9 Å². The summed E-state index contributed by atoms with van der Waals surface area (Å²) in [5, 5.41) is 0. The SMILES string of the molecule is CN(CCOc1ccc(Br)cc1)C(=O)Cc1ccc(N)cn1. The van der Waals surface area contributed by atoms with Crippen LogP contribution in [0.15, 0.2) is 47.1 Å². The van der Waals surface area contributed by atoms with E-state index in [4.69, 9.17) is 10.5 Å². The summed E-state index contributed by atoms with van der Waals surface area (Å²) < 4.78 is 6.60. The van der Waals surface area contributed by atoms with E-state index in [1.807, 2.05) is 24.3 Å². The van der Waals surface area contributed by atoms with Crippen LogP contribution in [-0.2, 0) is 11.2 Å². The topological polar surface area (TPSA) is 68.5 Å². The van der Waals surface area contributed by atoms with Gasteiger partial charge in [0.1, 0.15) is 12.4 Å². The van der Waals surface area contributed by atoms with Crippen molar-refractivity contribution in [3.8, 4) is 5.75 Å². The van der Waals surface area contributed by atoms with Gasteiger partial charge in [0, 0.05) is 17.2 Å². The lowest BCUT2D eigenvalue weighted by Gasteiger charge is -2.17. The van der Waals surface area contributed by atoms with Gasteiger partial charge < -0.3 is 15.4 Å². The molecule has 0 atom stereocenters. The first-order valence-electron chi connectivity index (χ1n) is 6.87. The fraction of sp³-hybridized carbons (Fsp3) is 0.250. The van der Waals surface area contributed by atoms with Gasteiger partial charge in [-0.3, -0.25) is 9.78 Å². The standard InChI is InChI=1S/C16H18BrN3O2/c1-20(8-9-22-15-6-2-12(17)3-7-15)16(21)10-14-5-4-13(18)11-19-14/h2-7,11H,8-10,18H2,1H3. The maximum atomic E-state index is 12.1. The molecular weight excluding hydrogens is 346 g/mol. The van der Waals surface area contributed by atoms with Gasteiger partial charge in [0.05, 0.1) is 24.8 Å². The predicted octanol–water partition coefficient (Wildman–Crippen LogP) is 2.51. The second kappa shape index (κ2) is 7.79. The van der Waals surface area contributed by atoms with Crippen LogP contribution in [0.2, 0.25) is 0 Å². The summed E-state index contributed by atoms with van der Waals surface area (Å²) in [6, 6.07) is 11.1. The molecule has 0 aliphatic rings. The number of hydrogen-bond donors (Lipinski definition) is 1. The Morgan fingerprint density at radius 2 is 2.00 bits per heavy atom. The maximum absolute atomic E-state index is 12.1. The molecule has 0 aliphatic carbocycles. The van der Waals surface area contributed by atoms with Crippen molar-refractivity contribution in [2.45, 2.75) is 6.42 Å². The number of pyridine rings is 1. The first-order valence-corrected chi connectivity index (χ1v) is 7.66. The Morgan fingerprint density at radius 3 is 2.64 bits per heavy atom. The number of carbonyl (C=O) groups is 1. The molecule has 2 rings (SSSR count). The largest absolute Gasteiger partial charge is 0.492 e. The predicted molar refractivity (Wildman–Crippen MR) is 89.6 cm³/mol. The molecule has 0 spiro atoms. The number of likely N-dealkylation sites (N-methyl/N-ethyl adjacent to an activating group) is 1. The Labute approximate surface area is 138 Å². The van der Waals surface area contributed by atoms with Crippen molar-refractivity contribution in [2.75, 3.05) is 25.9 Å². The lowest BCUT2D eigenvalue weighted by molar-refractivity contribution is -0.129. The molecule has 1 amide bonds. The number of halogens is 1. The third kappa shape index (κ3) is 5.04. The van der Waals surface area contributed by atoms with Crippen LogP contribution in [0.25, 0.3) is 0 Å². The van der Waals surface area contributed by atoms with E-state index in [9.17, 15) is 4.79 Å². The number of rotatable bonds is 6. The number of nitrogens with two attached hydrogens (primary N) is 1. The van der Waals surface area contributed by atoms with Crippen molar-refractivity contribution in [3.05, 3.63) is 52.8 Å². The average Bonchev–Trinajstić information content (AvgIpc) is 2.51. The molecule has 0 fully saturated rings. The highest BCUT2D eigenvalue weighted by Crippen LogP contribution is 2.15. The molecule has 0 radical (unpaired) electrons. The lowest BCUT2D eigenvalue weighted by Crippen LogP contribution is -2.32. The molecule has 0 bridgehead atoms. The molecular formula is C16H18BrN3O2. The van der Waals surface area contributed by atoms with Crippen molar-refractivity contribution in [1.29, 1.82) is 0 Å². The highest BCUT2D eigenvalue weighted by Gasteiger charge is 2.10. The van der Waals surface area contributed by atoms with E-state index < -0.39 is 0 Å². The highest BCUT2D eigenvalue weighted by atomic mass is 79.9. The minimum Gasteiger partial charge on any atom is -0.492 e. The zero-order valence-corrected chi connectivity index (χ0v) is 13.9. The van der Waals surface area contributed by atoms with Crippen LogP contribution in [0.4, 0.5) is 5.69 Å². The minimum atomic E-state index is -0.00308. The van der Waals surface area contributed by atoms with Gasteiger partial charge in [0.25, 0.3) is 0 Å². The third-order valence-corrected chi connectivity index (χ3v) is 3.64. The molecule has 2 aromatic rings. The number of ether oxygens (including phenoxy) is 1. The van der Waals surface area contributed by atoms with Gasteiger partial charge in [0.15, 0.2) is 0 Å². The summed E-state index contributed by atoms with van der Waals surface area (Å²) in [4.78, 5) is 17.8.